The summed E-state index contributed by atoms with van der Waals surface area (Å²) in [7, 11) is 0. The first-order valence-electron chi connectivity index (χ1n) is 11.2. The lowest BCUT2D eigenvalue weighted by Gasteiger charge is -2.16. The molecule has 34 heavy (non-hydrogen) atoms. The molecular weight excluding hydrogens is 471 g/mol. The SMILES string of the molecule is CC(C)Cc1oc2nc(-c3ccccc3Cl)c(-c3ccc(Cl)cc3)cc2c1N1C(=O)CCC1=O. The second kappa shape index (κ2) is 8.90. The standard InChI is InChI=1S/C27H22Cl2N2O3/c1-15(2)13-22-26(31-23(32)11-12-24(31)33)20-14-19(16-7-9-17(28)10-8-16)25(30-27(20)34-22)18-5-3-4-6-21(18)29/h3-10,14-15H,11-13H2,1-2H3. The lowest BCUT2D eigenvalue weighted by Crippen LogP contribution is -2.29. The maximum atomic E-state index is 12.7. The van der Waals surface area contributed by atoms with E-state index in [1.54, 1.807) is 0 Å². The van der Waals surface area contributed by atoms with Crippen LogP contribution >= 0.6 is 23.2 Å². The first-order chi connectivity index (χ1) is 16.3. The first-order valence-corrected chi connectivity index (χ1v) is 11.9. The Kier molecular flexibility index (Phi) is 5.92. The second-order valence-electron chi connectivity index (χ2n) is 8.82. The lowest BCUT2D eigenvalue weighted by atomic mass is 9.97. The van der Waals surface area contributed by atoms with Gasteiger partial charge in [-0.3, -0.25) is 9.59 Å². The van der Waals surface area contributed by atoms with Crippen LogP contribution in [0.4, 0.5) is 5.69 Å². The van der Waals surface area contributed by atoms with Gasteiger partial charge in [-0.2, -0.15) is 0 Å². The molecule has 3 heterocycles. The number of carbonyl (C=O) groups is 2. The number of halogens is 2. The van der Waals surface area contributed by atoms with Crippen LogP contribution < -0.4 is 4.90 Å². The summed E-state index contributed by atoms with van der Waals surface area (Å²) in [6, 6.07) is 16.9. The number of nitrogens with zero attached hydrogens (tertiary/aromatic N) is 2. The highest BCUT2D eigenvalue weighted by Gasteiger charge is 2.36. The molecule has 4 aromatic rings. The molecular formula is C27H22Cl2N2O3. The van der Waals surface area contributed by atoms with Crippen molar-refractivity contribution >= 4 is 51.8 Å². The molecule has 5 nitrogen and oxygen atoms in total. The van der Waals surface area contributed by atoms with Crippen LogP contribution in [0, 0.1) is 5.92 Å². The average Bonchev–Trinajstić information content (AvgIpc) is 3.31. The van der Waals surface area contributed by atoms with Gasteiger partial charge in [0.25, 0.3) is 0 Å². The molecule has 0 N–H and O–H groups in total. The number of anilines is 1. The van der Waals surface area contributed by atoms with E-state index in [2.05, 4.69) is 13.8 Å². The number of furan rings is 1. The second-order valence-corrected chi connectivity index (χ2v) is 9.66. The number of benzene rings is 2. The minimum atomic E-state index is -0.221. The first kappa shape index (κ1) is 22.6. The molecule has 2 aromatic carbocycles. The van der Waals surface area contributed by atoms with E-state index in [-0.39, 0.29) is 30.6 Å². The molecule has 7 heteroatoms. The highest BCUT2D eigenvalue weighted by atomic mass is 35.5. The van der Waals surface area contributed by atoms with Crippen LogP contribution in [-0.4, -0.2) is 16.8 Å². The Hall–Kier alpha value is -3.15. The van der Waals surface area contributed by atoms with E-state index in [0.29, 0.717) is 44.7 Å². The molecule has 0 atom stereocenters. The number of imide groups is 1. The van der Waals surface area contributed by atoms with E-state index in [1.807, 2.05) is 54.6 Å². The zero-order valence-electron chi connectivity index (χ0n) is 18.8. The molecule has 1 fully saturated rings. The van der Waals surface area contributed by atoms with Crippen LogP contribution in [0.15, 0.2) is 59.0 Å². The zero-order chi connectivity index (χ0) is 24.0. The monoisotopic (exact) mass is 492 g/mol. The van der Waals surface area contributed by atoms with Gasteiger partial charge < -0.3 is 4.42 Å². The van der Waals surface area contributed by atoms with Crippen LogP contribution in [0.25, 0.3) is 33.5 Å². The van der Waals surface area contributed by atoms with Gasteiger partial charge >= 0.3 is 0 Å². The van der Waals surface area contributed by atoms with Gasteiger partial charge in [-0.1, -0.05) is 67.4 Å². The van der Waals surface area contributed by atoms with Gasteiger partial charge in [0, 0.05) is 40.4 Å². The summed E-state index contributed by atoms with van der Waals surface area (Å²) in [6.07, 6.45) is 0.962. The van der Waals surface area contributed by atoms with E-state index in [4.69, 9.17) is 32.6 Å². The lowest BCUT2D eigenvalue weighted by molar-refractivity contribution is -0.121. The summed E-state index contributed by atoms with van der Waals surface area (Å²) in [5.41, 5.74) is 3.96. The van der Waals surface area contributed by atoms with Gasteiger partial charge in [0.2, 0.25) is 17.5 Å². The van der Waals surface area contributed by atoms with Crippen molar-refractivity contribution in [3.63, 3.8) is 0 Å². The molecule has 1 aliphatic heterocycles. The molecule has 0 spiro atoms. The number of hydrogen-bond acceptors (Lipinski definition) is 4. The predicted molar refractivity (Wildman–Crippen MR) is 135 cm³/mol. The number of hydrogen-bond donors (Lipinski definition) is 0. The third-order valence-electron chi connectivity index (χ3n) is 5.88. The van der Waals surface area contributed by atoms with Gasteiger partial charge in [0.05, 0.1) is 11.1 Å². The molecule has 2 aromatic heterocycles. The molecule has 0 saturated carbocycles. The molecule has 1 saturated heterocycles. The fraction of sp³-hybridized carbons (Fsp3) is 0.222. The molecule has 0 aliphatic carbocycles. The van der Waals surface area contributed by atoms with Gasteiger partial charge in [-0.05, 0) is 35.7 Å². The van der Waals surface area contributed by atoms with E-state index < -0.39 is 0 Å². The van der Waals surface area contributed by atoms with E-state index in [1.165, 1.54) is 4.90 Å². The normalized spacial score (nSPS) is 14.1. The zero-order valence-corrected chi connectivity index (χ0v) is 20.3. The quantitative estimate of drug-likeness (QED) is 0.273. The fourth-order valence-corrected chi connectivity index (χ4v) is 4.70. The number of aromatic nitrogens is 1. The largest absolute Gasteiger partial charge is 0.440 e. The maximum absolute atomic E-state index is 12.7. The van der Waals surface area contributed by atoms with Gasteiger partial charge in [-0.15, -0.1) is 0 Å². The molecule has 1 aliphatic rings. The van der Waals surface area contributed by atoms with Crippen molar-refractivity contribution in [1.29, 1.82) is 0 Å². The Labute approximate surface area is 207 Å². The van der Waals surface area contributed by atoms with E-state index in [0.717, 1.165) is 16.7 Å². The average molecular weight is 493 g/mol. The molecule has 0 radical (unpaired) electrons. The summed E-state index contributed by atoms with van der Waals surface area (Å²) in [4.78, 5) is 31.6. The van der Waals surface area contributed by atoms with E-state index in [9.17, 15) is 9.59 Å². The van der Waals surface area contributed by atoms with Crippen molar-refractivity contribution in [2.45, 2.75) is 33.1 Å². The number of fused-ring (bicyclic) bond motifs is 1. The Morgan fingerprint density at radius 2 is 1.65 bits per heavy atom. The Bertz CT molecular complexity index is 1410. The van der Waals surface area contributed by atoms with Crippen LogP contribution in [-0.2, 0) is 16.0 Å². The third-order valence-corrected chi connectivity index (χ3v) is 6.46. The van der Waals surface area contributed by atoms with Gasteiger partial charge in [0.1, 0.15) is 11.4 Å². The Morgan fingerprint density at radius 3 is 2.29 bits per heavy atom. The summed E-state index contributed by atoms with van der Waals surface area (Å²) in [5, 5.41) is 1.80. The number of carbonyl (C=O) groups excluding carboxylic acids is 2. The highest BCUT2D eigenvalue weighted by Crippen LogP contribution is 2.43. The predicted octanol–water partition coefficient (Wildman–Crippen LogP) is 7.32. The van der Waals surface area contributed by atoms with Crippen molar-refractivity contribution in [2.75, 3.05) is 4.90 Å². The number of amides is 2. The van der Waals surface area contributed by atoms with Gasteiger partial charge in [0.15, 0.2) is 0 Å². The summed E-state index contributed by atoms with van der Waals surface area (Å²) in [5.74, 6) is 0.396. The van der Waals surface area contributed by atoms with Crippen LogP contribution in [0.1, 0.15) is 32.4 Å². The van der Waals surface area contributed by atoms with Crippen molar-refractivity contribution in [1.82, 2.24) is 4.98 Å². The smallest absolute Gasteiger partial charge is 0.234 e. The van der Waals surface area contributed by atoms with Crippen molar-refractivity contribution < 1.29 is 14.0 Å². The molecule has 172 valence electrons. The molecule has 2 amide bonds. The van der Waals surface area contributed by atoms with Gasteiger partial charge in [-0.25, -0.2) is 9.88 Å². The van der Waals surface area contributed by atoms with Crippen LogP contribution in [0.2, 0.25) is 10.0 Å². The van der Waals surface area contributed by atoms with Crippen molar-refractivity contribution in [3.05, 3.63) is 70.4 Å². The molecule has 5 rings (SSSR count). The molecule has 0 bridgehead atoms. The minimum Gasteiger partial charge on any atom is -0.440 e. The summed E-state index contributed by atoms with van der Waals surface area (Å²) in [6.45, 7) is 4.12. The van der Waals surface area contributed by atoms with Crippen LogP contribution in [0.5, 0.6) is 0 Å². The number of pyridine rings is 1. The maximum Gasteiger partial charge on any atom is 0.234 e. The fourth-order valence-electron chi connectivity index (χ4n) is 4.35. The minimum absolute atomic E-state index is 0.196. The van der Waals surface area contributed by atoms with Crippen LogP contribution in [0.3, 0.4) is 0 Å². The van der Waals surface area contributed by atoms with E-state index >= 15 is 0 Å². The third kappa shape index (κ3) is 3.99. The summed E-state index contributed by atoms with van der Waals surface area (Å²) >= 11 is 12.7. The Morgan fingerprint density at radius 1 is 0.971 bits per heavy atom. The number of rotatable bonds is 5. The van der Waals surface area contributed by atoms with Crippen molar-refractivity contribution in [3.8, 4) is 22.4 Å². The summed E-state index contributed by atoms with van der Waals surface area (Å²) < 4.78 is 6.21. The van der Waals surface area contributed by atoms with Crippen molar-refractivity contribution in [2.24, 2.45) is 5.92 Å². The Balaban J connectivity index is 1.83. The topological polar surface area (TPSA) is 63.4 Å². The highest BCUT2D eigenvalue weighted by molar-refractivity contribution is 6.33. The molecule has 0 unspecified atom stereocenters.